The van der Waals surface area contributed by atoms with Crippen molar-refractivity contribution >= 4 is 21.7 Å². The fraction of sp³-hybridized carbons (Fsp3) is 0.300. The van der Waals surface area contributed by atoms with Crippen LogP contribution in [0.5, 0.6) is 0 Å². The molecular weight excluding hydrogens is 216 g/mol. The van der Waals surface area contributed by atoms with E-state index in [2.05, 4.69) is 15.9 Å². The second kappa shape index (κ2) is 2.70. The molecule has 0 fully saturated rings. The number of alkyl halides is 1. The zero-order chi connectivity index (χ0) is 8.72. The van der Waals surface area contributed by atoms with Crippen LogP contribution in [-0.4, -0.2) is 5.78 Å². The van der Waals surface area contributed by atoms with Gasteiger partial charge in [0.25, 0.3) is 0 Å². The molecule has 1 aliphatic rings. The second-order valence-corrected chi connectivity index (χ2v) is 4.13. The van der Waals surface area contributed by atoms with Gasteiger partial charge in [-0.2, -0.15) is 0 Å². The highest BCUT2D eigenvalue weighted by molar-refractivity contribution is 9.09. The summed E-state index contributed by atoms with van der Waals surface area (Å²) in [5.41, 5.74) is 2.02. The Morgan fingerprint density at radius 2 is 2.00 bits per heavy atom. The normalized spacial score (nSPS) is 27.3. The molecule has 0 amide bonds. The number of rotatable bonds is 0. The van der Waals surface area contributed by atoms with Crippen LogP contribution in [0.15, 0.2) is 24.3 Å². The fourth-order valence-electron chi connectivity index (χ4n) is 1.61. The largest absolute Gasteiger partial charge is 0.294 e. The Balaban J connectivity index is 2.59. The van der Waals surface area contributed by atoms with Crippen LogP contribution in [0.25, 0.3) is 0 Å². The minimum Gasteiger partial charge on any atom is -0.294 e. The van der Waals surface area contributed by atoms with Crippen LogP contribution in [0.4, 0.5) is 0 Å². The lowest BCUT2D eigenvalue weighted by molar-refractivity contribution is 0.0946. The quantitative estimate of drug-likeness (QED) is 0.620. The summed E-state index contributed by atoms with van der Waals surface area (Å²) in [6.07, 6.45) is 0. The molecule has 0 aromatic heterocycles. The van der Waals surface area contributed by atoms with E-state index in [0.29, 0.717) is 0 Å². The predicted molar refractivity (Wildman–Crippen MR) is 51.6 cm³/mol. The van der Waals surface area contributed by atoms with E-state index < -0.39 is 0 Å². The molecule has 0 radical (unpaired) electrons. The lowest BCUT2D eigenvalue weighted by Gasteiger charge is -2.04. The van der Waals surface area contributed by atoms with Crippen molar-refractivity contribution in [2.45, 2.75) is 11.8 Å². The van der Waals surface area contributed by atoms with Gasteiger partial charge in [-0.1, -0.05) is 47.1 Å². The average Bonchev–Trinajstić information content (AvgIpc) is 2.33. The number of carbonyl (C=O) groups is 1. The van der Waals surface area contributed by atoms with Gasteiger partial charge < -0.3 is 0 Å². The Kier molecular flexibility index (Phi) is 1.80. The van der Waals surface area contributed by atoms with Crippen LogP contribution in [0.3, 0.4) is 0 Å². The first-order valence-electron chi connectivity index (χ1n) is 3.99. The maximum atomic E-state index is 11.6. The highest BCUT2D eigenvalue weighted by atomic mass is 79.9. The first-order chi connectivity index (χ1) is 5.72. The minimum atomic E-state index is 0.0856. The molecule has 1 aliphatic carbocycles. The first kappa shape index (κ1) is 7.99. The number of carbonyl (C=O) groups excluding carboxylic acids is 1. The molecule has 2 heteroatoms. The monoisotopic (exact) mass is 224 g/mol. The number of Topliss-reactive ketones (excluding diaryl/α,β-unsaturated/α-hetero) is 1. The zero-order valence-electron chi connectivity index (χ0n) is 6.75. The van der Waals surface area contributed by atoms with Gasteiger partial charge in [-0.3, -0.25) is 4.79 Å². The van der Waals surface area contributed by atoms with Crippen molar-refractivity contribution in [3.05, 3.63) is 35.4 Å². The predicted octanol–water partition coefficient (Wildman–Crippen LogP) is 2.96. The summed E-state index contributed by atoms with van der Waals surface area (Å²) in [6.45, 7) is 1.96. The maximum Gasteiger partial charge on any atom is 0.167 e. The molecule has 0 bridgehead atoms. The van der Waals surface area contributed by atoms with Crippen molar-refractivity contribution in [2.75, 3.05) is 0 Å². The van der Waals surface area contributed by atoms with Crippen molar-refractivity contribution in [1.29, 1.82) is 0 Å². The molecule has 0 aliphatic heterocycles. The Bertz CT molecular complexity index is 332. The molecule has 12 heavy (non-hydrogen) atoms. The van der Waals surface area contributed by atoms with E-state index >= 15 is 0 Å². The van der Waals surface area contributed by atoms with Crippen LogP contribution < -0.4 is 0 Å². The minimum absolute atomic E-state index is 0.0856. The van der Waals surface area contributed by atoms with Crippen molar-refractivity contribution in [1.82, 2.24) is 0 Å². The number of fused-ring (bicyclic) bond motifs is 1. The van der Waals surface area contributed by atoms with Gasteiger partial charge >= 0.3 is 0 Å². The molecule has 0 spiro atoms. The molecule has 1 aromatic carbocycles. The highest BCUT2D eigenvalue weighted by Gasteiger charge is 2.34. The molecule has 1 aromatic rings. The number of halogens is 1. The van der Waals surface area contributed by atoms with E-state index in [9.17, 15) is 4.79 Å². The number of ketones is 1. The van der Waals surface area contributed by atoms with E-state index in [4.69, 9.17) is 0 Å². The smallest absolute Gasteiger partial charge is 0.167 e. The zero-order valence-corrected chi connectivity index (χ0v) is 8.34. The Morgan fingerprint density at radius 1 is 1.33 bits per heavy atom. The molecular formula is C10H9BrO. The molecule has 2 rings (SSSR count). The van der Waals surface area contributed by atoms with Crippen molar-refractivity contribution in [3.63, 3.8) is 0 Å². The van der Waals surface area contributed by atoms with Crippen LogP contribution in [0, 0.1) is 5.92 Å². The van der Waals surface area contributed by atoms with Gasteiger partial charge in [0, 0.05) is 11.5 Å². The lowest BCUT2D eigenvalue weighted by atomic mass is 10.1. The van der Waals surface area contributed by atoms with Gasteiger partial charge in [0.2, 0.25) is 0 Å². The summed E-state index contributed by atoms with van der Waals surface area (Å²) >= 11 is 3.52. The lowest BCUT2D eigenvalue weighted by Crippen LogP contribution is -2.04. The average molecular weight is 225 g/mol. The van der Waals surface area contributed by atoms with Gasteiger partial charge in [0.05, 0.1) is 4.83 Å². The molecule has 0 heterocycles. The summed E-state index contributed by atoms with van der Waals surface area (Å²) in [7, 11) is 0. The van der Waals surface area contributed by atoms with Crippen LogP contribution in [0.1, 0.15) is 27.7 Å². The molecule has 62 valence electrons. The summed E-state index contributed by atoms with van der Waals surface area (Å²) in [4.78, 5) is 11.8. The van der Waals surface area contributed by atoms with E-state index in [0.717, 1.165) is 11.1 Å². The first-order valence-corrected chi connectivity index (χ1v) is 4.90. The van der Waals surface area contributed by atoms with Crippen LogP contribution >= 0.6 is 15.9 Å². The molecule has 1 nitrogen and oxygen atoms in total. The summed E-state index contributed by atoms with van der Waals surface area (Å²) in [5.74, 6) is 0.342. The number of hydrogen-bond acceptors (Lipinski definition) is 1. The van der Waals surface area contributed by atoms with Crippen LogP contribution in [-0.2, 0) is 0 Å². The molecule has 0 saturated heterocycles. The standard InChI is InChI=1S/C10H9BrO/c1-6-9(11)7-4-2-3-5-8(7)10(6)12/h2-6,9H,1H3. The Hall–Kier alpha value is -0.630. The molecule has 0 N–H and O–H groups in total. The van der Waals surface area contributed by atoms with Crippen LogP contribution in [0.2, 0.25) is 0 Å². The van der Waals surface area contributed by atoms with Crippen molar-refractivity contribution in [2.24, 2.45) is 5.92 Å². The summed E-state index contributed by atoms with van der Waals surface area (Å²) in [5, 5.41) is 0. The molecule has 2 unspecified atom stereocenters. The number of benzene rings is 1. The summed E-state index contributed by atoms with van der Waals surface area (Å²) < 4.78 is 0. The van der Waals surface area contributed by atoms with Gasteiger partial charge in [-0.05, 0) is 5.56 Å². The third kappa shape index (κ3) is 0.944. The second-order valence-electron chi connectivity index (χ2n) is 3.14. The Labute approximate surface area is 79.9 Å². The van der Waals surface area contributed by atoms with E-state index in [1.807, 2.05) is 31.2 Å². The van der Waals surface area contributed by atoms with E-state index in [1.165, 1.54) is 0 Å². The van der Waals surface area contributed by atoms with E-state index in [-0.39, 0.29) is 16.5 Å². The molecule has 2 atom stereocenters. The van der Waals surface area contributed by atoms with Gasteiger partial charge in [0.1, 0.15) is 0 Å². The SMILES string of the molecule is CC1C(=O)c2ccccc2C1Br. The van der Waals surface area contributed by atoms with Crippen molar-refractivity contribution < 1.29 is 4.79 Å². The maximum absolute atomic E-state index is 11.6. The highest BCUT2D eigenvalue weighted by Crippen LogP contribution is 2.41. The van der Waals surface area contributed by atoms with Gasteiger partial charge in [-0.25, -0.2) is 0 Å². The number of hydrogen-bond donors (Lipinski definition) is 0. The van der Waals surface area contributed by atoms with Crippen molar-refractivity contribution in [3.8, 4) is 0 Å². The molecule has 0 saturated carbocycles. The Morgan fingerprint density at radius 3 is 2.67 bits per heavy atom. The van der Waals surface area contributed by atoms with Gasteiger partial charge in [-0.15, -0.1) is 0 Å². The van der Waals surface area contributed by atoms with E-state index in [1.54, 1.807) is 0 Å². The summed E-state index contributed by atoms with van der Waals surface area (Å²) in [6, 6.07) is 7.79. The third-order valence-corrected chi connectivity index (χ3v) is 3.66. The van der Waals surface area contributed by atoms with Gasteiger partial charge in [0.15, 0.2) is 5.78 Å². The third-order valence-electron chi connectivity index (χ3n) is 2.38. The fourth-order valence-corrected chi connectivity index (χ4v) is 2.25. The topological polar surface area (TPSA) is 17.1 Å².